The van der Waals surface area contributed by atoms with Gasteiger partial charge in [-0.15, -0.1) is 0 Å². The molecule has 1 fully saturated rings. The Kier molecular flexibility index (Phi) is 2.62. The third-order valence-electron chi connectivity index (χ3n) is 1.97. The predicted octanol–water partition coefficient (Wildman–Crippen LogP) is 0.765. The lowest BCUT2D eigenvalue weighted by Crippen LogP contribution is -2.50. The average molecular weight is 189 g/mol. The van der Waals surface area contributed by atoms with Crippen molar-refractivity contribution in [3.8, 4) is 0 Å². The highest BCUT2D eigenvalue weighted by molar-refractivity contribution is 8.14. The van der Waals surface area contributed by atoms with E-state index in [4.69, 9.17) is 0 Å². The summed E-state index contributed by atoms with van der Waals surface area (Å²) in [5.41, 5.74) is -0.781. The highest BCUT2D eigenvalue weighted by atomic mass is 32.2. The molecule has 0 bridgehead atoms. The first kappa shape index (κ1) is 9.38. The lowest BCUT2D eigenvalue weighted by molar-refractivity contribution is -0.147. The second-order valence-electron chi connectivity index (χ2n) is 2.63. The van der Waals surface area contributed by atoms with Crippen LogP contribution in [0.3, 0.4) is 0 Å². The number of nitrogens with one attached hydrogen (secondary N) is 1. The normalized spacial score (nSPS) is 28.3. The molecule has 1 heterocycles. The van der Waals surface area contributed by atoms with Crippen LogP contribution in [0.5, 0.6) is 0 Å². The summed E-state index contributed by atoms with van der Waals surface area (Å²) in [5.74, 6) is 0.109. The first-order chi connectivity index (χ1) is 5.64. The van der Waals surface area contributed by atoms with Gasteiger partial charge in [0.25, 0.3) is 5.24 Å². The van der Waals surface area contributed by atoms with E-state index in [1.807, 2.05) is 6.92 Å². The standard InChI is InChI=1S/C7H11NO3S/c1-3-7(5(9)11-2)4-12-6(10)8-7/h3-4H2,1-2H3,(H,8,10). The van der Waals surface area contributed by atoms with Gasteiger partial charge in [-0.25, -0.2) is 4.79 Å². The maximum Gasteiger partial charge on any atom is 0.332 e. The van der Waals surface area contributed by atoms with Gasteiger partial charge in [-0.05, 0) is 6.42 Å². The molecule has 1 rings (SSSR count). The third-order valence-corrected chi connectivity index (χ3v) is 2.97. The Bertz CT molecular complexity index is 219. The fourth-order valence-corrected chi connectivity index (χ4v) is 2.14. The van der Waals surface area contributed by atoms with Gasteiger partial charge in [-0.3, -0.25) is 4.79 Å². The number of hydrogen-bond acceptors (Lipinski definition) is 4. The Labute approximate surface area is 75.0 Å². The lowest BCUT2D eigenvalue weighted by Gasteiger charge is -2.22. The number of carbonyl (C=O) groups is 2. The van der Waals surface area contributed by atoms with Crippen molar-refractivity contribution in [2.75, 3.05) is 12.9 Å². The SMILES string of the molecule is CCC1(C(=O)OC)CSC(=O)N1. The van der Waals surface area contributed by atoms with E-state index < -0.39 is 5.54 Å². The molecule has 12 heavy (non-hydrogen) atoms. The molecule has 1 aliphatic heterocycles. The topological polar surface area (TPSA) is 55.4 Å². The van der Waals surface area contributed by atoms with Gasteiger partial charge in [0, 0.05) is 5.75 Å². The fourth-order valence-electron chi connectivity index (χ4n) is 1.10. The quantitative estimate of drug-likeness (QED) is 0.652. The summed E-state index contributed by atoms with van der Waals surface area (Å²) in [6, 6.07) is 0. The third kappa shape index (κ3) is 1.41. The smallest absolute Gasteiger partial charge is 0.332 e. The molecule has 4 nitrogen and oxygen atoms in total. The molecule has 0 aromatic heterocycles. The Hall–Kier alpha value is -0.710. The van der Waals surface area contributed by atoms with Gasteiger partial charge in [0.15, 0.2) is 0 Å². The Morgan fingerprint density at radius 2 is 2.50 bits per heavy atom. The van der Waals surface area contributed by atoms with Crippen molar-refractivity contribution in [2.45, 2.75) is 18.9 Å². The molecule has 1 atom stereocenters. The zero-order chi connectivity index (χ0) is 9.19. The predicted molar refractivity (Wildman–Crippen MR) is 46.0 cm³/mol. The van der Waals surface area contributed by atoms with Crippen LogP contribution in [-0.2, 0) is 9.53 Å². The summed E-state index contributed by atoms with van der Waals surface area (Å²) in [5, 5.41) is 2.47. The zero-order valence-corrected chi connectivity index (χ0v) is 7.86. The molecule has 0 aromatic carbocycles. The van der Waals surface area contributed by atoms with E-state index in [0.717, 1.165) is 11.8 Å². The number of hydrogen-bond donors (Lipinski definition) is 1. The summed E-state index contributed by atoms with van der Waals surface area (Å²) in [6.07, 6.45) is 0.568. The van der Waals surface area contributed by atoms with Crippen molar-refractivity contribution in [3.63, 3.8) is 0 Å². The molecule has 1 aliphatic rings. The molecule has 0 aromatic rings. The van der Waals surface area contributed by atoms with E-state index in [0.29, 0.717) is 12.2 Å². The van der Waals surface area contributed by atoms with Gasteiger partial charge in [0.05, 0.1) is 7.11 Å². The van der Waals surface area contributed by atoms with E-state index in [1.165, 1.54) is 7.11 Å². The summed E-state index contributed by atoms with van der Waals surface area (Å²) >= 11 is 1.12. The molecule has 1 unspecified atom stereocenters. The minimum Gasteiger partial charge on any atom is -0.467 e. The largest absolute Gasteiger partial charge is 0.467 e. The van der Waals surface area contributed by atoms with Crippen LogP contribution in [0.1, 0.15) is 13.3 Å². The van der Waals surface area contributed by atoms with Gasteiger partial charge < -0.3 is 10.1 Å². The second-order valence-corrected chi connectivity index (χ2v) is 3.58. The van der Waals surface area contributed by atoms with Crippen molar-refractivity contribution in [2.24, 2.45) is 0 Å². The van der Waals surface area contributed by atoms with Gasteiger partial charge in [-0.2, -0.15) is 0 Å². The van der Waals surface area contributed by atoms with Crippen LogP contribution < -0.4 is 5.32 Å². The van der Waals surface area contributed by atoms with Crippen molar-refractivity contribution < 1.29 is 14.3 Å². The summed E-state index contributed by atoms with van der Waals surface area (Å²) in [6.45, 7) is 1.85. The van der Waals surface area contributed by atoms with Crippen molar-refractivity contribution in [1.29, 1.82) is 0 Å². The molecule has 1 saturated heterocycles. The average Bonchev–Trinajstić information content (AvgIpc) is 2.47. The molecule has 0 aliphatic carbocycles. The Morgan fingerprint density at radius 1 is 1.83 bits per heavy atom. The molecule has 0 spiro atoms. The molecule has 1 amide bonds. The molecular weight excluding hydrogens is 178 g/mol. The number of rotatable bonds is 2. The van der Waals surface area contributed by atoms with Gasteiger partial charge in [0.1, 0.15) is 5.54 Å². The number of ether oxygens (including phenoxy) is 1. The molecular formula is C7H11NO3S. The number of amides is 1. The number of carbonyl (C=O) groups excluding carboxylic acids is 2. The first-order valence-corrected chi connectivity index (χ1v) is 4.66. The van der Waals surface area contributed by atoms with Crippen LogP contribution in [0.15, 0.2) is 0 Å². The summed E-state index contributed by atoms with van der Waals surface area (Å²) in [4.78, 5) is 22.1. The maximum absolute atomic E-state index is 11.3. The highest BCUT2D eigenvalue weighted by Gasteiger charge is 2.44. The molecule has 5 heteroatoms. The van der Waals surface area contributed by atoms with Crippen LogP contribution in [0, 0.1) is 0 Å². The van der Waals surface area contributed by atoms with Gasteiger partial charge in [-0.1, -0.05) is 18.7 Å². The van der Waals surface area contributed by atoms with Gasteiger partial charge >= 0.3 is 5.97 Å². The highest BCUT2D eigenvalue weighted by Crippen LogP contribution is 2.26. The molecule has 0 radical (unpaired) electrons. The van der Waals surface area contributed by atoms with Gasteiger partial charge in [0.2, 0.25) is 0 Å². The molecule has 0 saturated carbocycles. The first-order valence-electron chi connectivity index (χ1n) is 3.68. The number of methoxy groups -OCH3 is 1. The van der Waals surface area contributed by atoms with E-state index in [2.05, 4.69) is 10.1 Å². The van der Waals surface area contributed by atoms with E-state index in [-0.39, 0.29) is 11.2 Å². The molecule has 68 valence electrons. The lowest BCUT2D eigenvalue weighted by atomic mass is 10.00. The van der Waals surface area contributed by atoms with Crippen LogP contribution in [0.25, 0.3) is 0 Å². The van der Waals surface area contributed by atoms with Crippen LogP contribution >= 0.6 is 11.8 Å². The van der Waals surface area contributed by atoms with E-state index in [9.17, 15) is 9.59 Å². The summed E-state index contributed by atoms with van der Waals surface area (Å²) < 4.78 is 4.61. The second kappa shape index (κ2) is 3.35. The van der Waals surface area contributed by atoms with Crippen molar-refractivity contribution in [3.05, 3.63) is 0 Å². The van der Waals surface area contributed by atoms with Crippen molar-refractivity contribution >= 4 is 23.0 Å². The Balaban J connectivity index is 2.77. The Morgan fingerprint density at radius 3 is 2.83 bits per heavy atom. The fraction of sp³-hybridized carbons (Fsp3) is 0.714. The number of esters is 1. The minimum atomic E-state index is -0.781. The maximum atomic E-state index is 11.3. The van der Waals surface area contributed by atoms with E-state index in [1.54, 1.807) is 0 Å². The van der Waals surface area contributed by atoms with Crippen molar-refractivity contribution in [1.82, 2.24) is 5.32 Å². The van der Waals surface area contributed by atoms with Crippen LogP contribution in [0.2, 0.25) is 0 Å². The zero-order valence-electron chi connectivity index (χ0n) is 7.05. The van der Waals surface area contributed by atoms with Crippen LogP contribution in [0.4, 0.5) is 4.79 Å². The monoisotopic (exact) mass is 189 g/mol. The summed E-state index contributed by atoms with van der Waals surface area (Å²) in [7, 11) is 1.33. The minimum absolute atomic E-state index is 0.151. The number of thioether (sulfide) groups is 1. The van der Waals surface area contributed by atoms with Crippen LogP contribution in [-0.4, -0.2) is 29.6 Å². The molecule has 1 N–H and O–H groups in total. The van der Waals surface area contributed by atoms with E-state index >= 15 is 0 Å².